The average Bonchev–Trinajstić information content (AvgIpc) is 2.68. The first-order chi connectivity index (χ1) is 7.16. The second-order valence-electron chi connectivity index (χ2n) is 2.87. The van der Waals surface area contributed by atoms with Crippen LogP contribution in [0.5, 0.6) is 0 Å². The van der Waals surface area contributed by atoms with Crippen molar-refractivity contribution in [3.8, 4) is 0 Å². The second kappa shape index (κ2) is 3.99. The molecule has 2 heterocycles. The minimum atomic E-state index is -0.994. The number of oxime groups is 1. The zero-order valence-corrected chi connectivity index (χ0v) is 8.38. The van der Waals surface area contributed by atoms with E-state index in [1.807, 2.05) is 0 Å². The molecule has 0 aromatic rings. The van der Waals surface area contributed by atoms with Gasteiger partial charge in [-0.1, -0.05) is 0 Å². The monoisotopic (exact) mass is 231 g/mol. The minimum Gasteiger partial charge on any atom is -0.479 e. The quantitative estimate of drug-likeness (QED) is 0.662. The Morgan fingerprint density at radius 1 is 1.80 bits per heavy atom. The molecule has 3 N–H and O–H groups in total. The van der Waals surface area contributed by atoms with E-state index in [-0.39, 0.29) is 5.84 Å². The first-order valence-corrected chi connectivity index (χ1v) is 5.19. The summed E-state index contributed by atoms with van der Waals surface area (Å²) >= 11 is 1.20. The molecule has 0 spiro atoms. The summed E-state index contributed by atoms with van der Waals surface area (Å²) < 4.78 is 5.20. The van der Waals surface area contributed by atoms with Crippen molar-refractivity contribution >= 4 is 23.6 Å². The summed E-state index contributed by atoms with van der Waals surface area (Å²) in [6, 6.07) is 0. The second-order valence-corrected chi connectivity index (χ2v) is 3.96. The molecule has 0 radical (unpaired) electrons. The number of rotatable bonds is 2. The number of hydrogen-bond donors (Lipinski definition) is 2. The summed E-state index contributed by atoms with van der Waals surface area (Å²) in [4.78, 5) is 15.5. The fraction of sp³-hybridized carbons (Fsp3) is 0.429. The number of ether oxygens (including phenoxy) is 1. The van der Waals surface area contributed by atoms with E-state index in [9.17, 15) is 4.79 Å². The third-order valence-corrected chi connectivity index (χ3v) is 2.88. The van der Waals surface area contributed by atoms with Gasteiger partial charge in [-0.15, -0.1) is 11.8 Å². The smallest absolute Gasteiger partial charge is 0.343 e. The predicted octanol–water partition coefficient (Wildman–Crippen LogP) is -0.480. The Kier molecular flexibility index (Phi) is 2.69. The molecule has 1 saturated heterocycles. The topological polar surface area (TPSA) is 97.4 Å². The number of amidine groups is 1. The molecule has 8 heteroatoms. The third-order valence-electron chi connectivity index (χ3n) is 1.79. The van der Waals surface area contributed by atoms with E-state index in [1.54, 1.807) is 12.3 Å². The molecular weight excluding hydrogens is 222 g/mol. The molecule has 0 aromatic heterocycles. The van der Waals surface area contributed by atoms with Crippen LogP contribution in [0.25, 0.3) is 0 Å². The first-order valence-electron chi connectivity index (χ1n) is 4.14. The van der Waals surface area contributed by atoms with E-state index in [0.717, 1.165) is 0 Å². The van der Waals surface area contributed by atoms with Crippen molar-refractivity contribution in [2.24, 2.45) is 10.9 Å². The van der Waals surface area contributed by atoms with Gasteiger partial charge in [0.25, 0.3) is 0 Å². The molecule has 2 rings (SSSR count). The lowest BCUT2D eigenvalue weighted by Crippen LogP contribution is -2.35. The van der Waals surface area contributed by atoms with Crippen LogP contribution in [0.3, 0.4) is 0 Å². The molecule has 2 atom stereocenters. The van der Waals surface area contributed by atoms with Crippen LogP contribution in [-0.4, -0.2) is 39.4 Å². The molecule has 82 valence electrons. The third kappa shape index (κ3) is 2.16. The van der Waals surface area contributed by atoms with Crippen LogP contribution in [0.4, 0.5) is 0 Å². The Labute approximate surface area is 89.4 Å². The molecule has 15 heavy (non-hydrogen) atoms. The highest BCUT2D eigenvalue weighted by atomic mass is 32.2. The van der Waals surface area contributed by atoms with Crippen LogP contribution in [0.1, 0.15) is 0 Å². The fourth-order valence-electron chi connectivity index (χ4n) is 1.10. The number of carboxylic acid groups (broad SMARTS) is 1. The van der Waals surface area contributed by atoms with Gasteiger partial charge in [-0.05, 0) is 5.16 Å². The predicted molar refractivity (Wildman–Crippen MR) is 52.4 cm³/mol. The molecule has 1 fully saturated rings. The van der Waals surface area contributed by atoms with E-state index < -0.39 is 17.6 Å². The lowest BCUT2D eigenvalue weighted by atomic mass is 10.5. The van der Waals surface area contributed by atoms with E-state index >= 15 is 0 Å². The number of hydroxylamine groups is 2. The maximum Gasteiger partial charge on any atom is 0.343 e. The minimum absolute atomic E-state index is 0.256. The Morgan fingerprint density at radius 2 is 2.60 bits per heavy atom. The van der Waals surface area contributed by atoms with Crippen LogP contribution < -0.4 is 5.73 Å². The number of hydrogen-bond acceptors (Lipinski definition) is 7. The molecule has 2 aliphatic heterocycles. The molecule has 0 bridgehead atoms. The van der Waals surface area contributed by atoms with E-state index in [4.69, 9.17) is 20.5 Å². The van der Waals surface area contributed by atoms with Crippen LogP contribution >= 0.6 is 11.8 Å². The van der Waals surface area contributed by atoms with Crippen molar-refractivity contribution in [2.75, 3.05) is 5.75 Å². The summed E-state index contributed by atoms with van der Waals surface area (Å²) in [6.45, 7) is 0. The summed E-state index contributed by atoms with van der Waals surface area (Å²) in [7, 11) is 0. The zero-order chi connectivity index (χ0) is 10.8. The molecule has 0 aromatic carbocycles. The highest BCUT2D eigenvalue weighted by molar-refractivity contribution is 8.00. The van der Waals surface area contributed by atoms with Crippen LogP contribution in [0, 0.1) is 0 Å². The number of thioether (sulfide) groups is 1. The maximum absolute atomic E-state index is 10.6. The highest BCUT2D eigenvalue weighted by Gasteiger charge is 2.35. The van der Waals surface area contributed by atoms with Crippen LogP contribution in [0.2, 0.25) is 0 Å². The van der Waals surface area contributed by atoms with Crippen LogP contribution in [-0.2, 0) is 14.5 Å². The number of nitrogens with two attached hydrogens (primary N) is 1. The SMILES string of the molecule is NC1=NON([C@@H]2CS[C@H](C(=O)O)O2)C=C1. The molecular formula is C7H9N3O4S. The Hall–Kier alpha value is -1.41. The highest BCUT2D eigenvalue weighted by Crippen LogP contribution is 2.28. The lowest BCUT2D eigenvalue weighted by Gasteiger charge is -2.23. The Morgan fingerprint density at radius 3 is 3.13 bits per heavy atom. The summed E-state index contributed by atoms with van der Waals surface area (Å²) in [6.07, 6.45) is 2.65. The van der Waals surface area contributed by atoms with Crippen molar-refractivity contribution in [3.05, 3.63) is 12.3 Å². The van der Waals surface area contributed by atoms with Gasteiger partial charge < -0.3 is 15.6 Å². The summed E-state index contributed by atoms with van der Waals surface area (Å²) in [5.41, 5.74) is 4.49. The fourth-order valence-corrected chi connectivity index (χ4v) is 2.02. The summed E-state index contributed by atoms with van der Waals surface area (Å²) in [5, 5.41) is 13.5. The number of nitrogens with zero attached hydrogens (tertiary/aromatic N) is 2. The lowest BCUT2D eigenvalue weighted by molar-refractivity contribution is -0.217. The number of carboxylic acids is 1. The summed E-state index contributed by atoms with van der Waals surface area (Å²) in [5.74, 6) is -0.241. The molecule has 7 nitrogen and oxygen atoms in total. The van der Waals surface area contributed by atoms with Gasteiger partial charge in [-0.3, -0.25) is 4.94 Å². The van der Waals surface area contributed by atoms with Crippen molar-refractivity contribution < 1.29 is 19.6 Å². The van der Waals surface area contributed by atoms with Gasteiger partial charge in [-0.2, -0.15) is 5.06 Å². The molecule has 0 amide bonds. The average molecular weight is 231 g/mol. The van der Waals surface area contributed by atoms with Crippen molar-refractivity contribution in [3.63, 3.8) is 0 Å². The van der Waals surface area contributed by atoms with Gasteiger partial charge in [0.05, 0.1) is 0 Å². The molecule has 0 aliphatic carbocycles. The van der Waals surface area contributed by atoms with Gasteiger partial charge in [0, 0.05) is 18.0 Å². The molecule has 0 saturated carbocycles. The van der Waals surface area contributed by atoms with Gasteiger partial charge in [0.15, 0.2) is 12.1 Å². The number of carbonyl (C=O) groups is 1. The number of aliphatic carboxylic acids is 1. The van der Waals surface area contributed by atoms with E-state index in [0.29, 0.717) is 5.75 Å². The zero-order valence-electron chi connectivity index (χ0n) is 7.57. The van der Waals surface area contributed by atoms with Gasteiger partial charge in [0.2, 0.25) is 5.44 Å². The van der Waals surface area contributed by atoms with Crippen molar-refractivity contribution in [1.82, 2.24) is 5.06 Å². The maximum atomic E-state index is 10.6. The van der Waals surface area contributed by atoms with Crippen molar-refractivity contribution in [1.29, 1.82) is 0 Å². The molecule has 2 aliphatic rings. The normalized spacial score (nSPS) is 29.9. The van der Waals surface area contributed by atoms with Gasteiger partial charge in [-0.25, -0.2) is 4.79 Å². The van der Waals surface area contributed by atoms with E-state index in [2.05, 4.69) is 5.16 Å². The molecule has 0 unspecified atom stereocenters. The standard InChI is InChI=1S/C7H9N3O4S/c8-4-1-2-10(14-9-4)5-3-15-7(13-5)6(11)12/h1-2,5,7H,3H2,(H2,8,9)(H,11,12)/t5-,7+/m0/s1. The van der Waals surface area contributed by atoms with Crippen molar-refractivity contribution in [2.45, 2.75) is 11.7 Å². The van der Waals surface area contributed by atoms with Gasteiger partial charge in [0.1, 0.15) is 0 Å². The Bertz CT molecular complexity index is 332. The van der Waals surface area contributed by atoms with E-state index in [1.165, 1.54) is 16.8 Å². The largest absolute Gasteiger partial charge is 0.479 e. The van der Waals surface area contributed by atoms with Crippen LogP contribution in [0.15, 0.2) is 17.4 Å². The Balaban J connectivity index is 1.92. The van der Waals surface area contributed by atoms with Gasteiger partial charge >= 0.3 is 5.97 Å². The first kappa shape index (κ1) is 10.1.